The molecule has 24 heavy (non-hydrogen) atoms. The summed E-state index contributed by atoms with van der Waals surface area (Å²) in [5, 5.41) is 3.84. The Balaban J connectivity index is 3.30. The van der Waals surface area contributed by atoms with Crippen LogP contribution in [0.1, 0.15) is 107 Å². The van der Waals surface area contributed by atoms with Crippen molar-refractivity contribution < 1.29 is 0 Å². The summed E-state index contributed by atoms with van der Waals surface area (Å²) in [6, 6.07) is 0. The minimum atomic E-state index is 0.208. The molecule has 144 valence electrons. The molecule has 3 unspecified atom stereocenters. The van der Waals surface area contributed by atoms with Crippen LogP contribution in [0.2, 0.25) is 0 Å². The van der Waals surface area contributed by atoms with E-state index < -0.39 is 0 Å². The molecule has 0 radical (unpaired) electrons. The Morgan fingerprint density at radius 3 is 1.83 bits per heavy atom. The standard InChI is InChI=1S/C23H47N/c1-10-19(11-2)14-15-23(13-4,22(8,24-9)18(5)6)20(12-3)21(7)16-17-21/h18-20,24H,10-17H2,1-9H3. The van der Waals surface area contributed by atoms with E-state index in [4.69, 9.17) is 0 Å². The highest BCUT2D eigenvalue weighted by Crippen LogP contribution is 2.64. The molecule has 0 amide bonds. The summed E-state index contributed by atoms with van der Waals surface area (Å²) in [5.74, 6) is 2.39. The highest BCUT2D eigenvalue weighted by molar-refractivity contribution is 5.11. The van der Waals surface area contributed by atoms with Crippen LogP contribution in [0.15, 0.2) is 0 Å². The van der Waals surface area contributed by atoms with Gasteiger partial charge in [-0.2, -0.15) is 0 Å². The summed E-state index contributed by atoms with van der Waals surface area (Å²) in [6.07, 6.45) is 11.0. The number of hydrogen-bond donors (Lipinski definition) is 1. The molecule has 1 heteroatoms. The van der Waals surface area contributed by atoms with Crippen molar-refractivity contribution in [3.63, 3.8) is 0 Å². The maximum absolute atomic E-state index is 3.84. The van der Waals surface area contributed by atoms with Crippen LogP contribution < -0.4 is 5.32 Å². The Labute approximate surface area is 153 Å². The minimum absolute atomic E-state index is 0.208. The van der Waals surface area contributed by atoms with Gasteiger partial charge < -0.3 is 5.32 Å². The second-order valence-corrected chi connectivity index (χ2v) is 9.45. The third kappa shape index (κ3) is 3.87. The van der Waals surface area contributed by atoms with Crippen molar-refractivity contribution in [1.29, 1.82) is 0 Å². The van der Waals surface area contributed by atoms with Crippen LogP contribution in [0.25, 0.3) is 0 Å². The highest BCUT2D eigenvalue weighted by Gasteiger charge is 2.59. The molecule has 1 fully saturated rings. The predicted octanol–water partition coefficient (Wildman–Crippen LogP) is 7.06. The van der Waals surface area contributed by atoms with Crippen molar-refractivity contribution in [1.82, 2.24) is 5.32 Å². The van der Waals surface area contributed by atoms with Gasteiger partial charge in [0.1, 0.15) is 0 Å². The van der Waals surface area contributed by atoms with Crippen LogP contribution >= 0.6 is 0 Å². The molecule has 0 spiro atoms. The molecule has 0 aliphatic heterocycles. The molecule has 1 aliphatic carbocycles. The molecule has 1 nitrogen and oxygen atoms in total. The molecule has 0 aromatic carbocycles. The third-order valence-corrected chi connectivity index (χ3v) is 8.45. The van der Waals surface area contributed by atoms with Crippen LogP contribution in [-0.4, -0.2) is 12.6 Å². The van der Waals surface area contributed by atoms with E-state index in [2.05, 4.69) is 67.8 Å². The lowest BCUT2D eigenvalue weighted by molar-refractivity contribution is -0.0471. The van der Waals surface area contributed by atoms with Crippen LogP contribution in [0.4, 0.5) is 0 Å². The van der Waals surface area contributed by atoms with Gasteiger partial charge in [-0.25, -0.2) is 0 Å². The maximum Gasteiger partial charge on any atom is 0.0232 e. The fourth-order valence-electron chi connectivity index (χ4n) is 5.95. The molecule has 1 aliphatic rings. The van der Waals surface area contributed by atoms with Gasteiger partial charge in [0, 0.05) is 5.54 Å². The lowest BCUT2D eigenvalue weighted by Gasteiger charge is -2.58. The molecule has 1 saturated carbocycles. The van der Waals surface area contributed by atoms with E-state index in [1.165, 1.54) is 51.4 Å². The maximum atomic E-state index is 3.84. The highest BCUT2D eigenvalue weighted by atomic mass is 15.0. The van der Waals surface area contributed by atoms with Gasteiger partial charge in [-0.1, -0.05) is 67.7 Å². The van der Waals surface area contributed by atoms with E-state index in [0.29, 0.717) is 16.7 Å². The fourth-order valence-corrected chi connectivity index (χ4v) is 5.95. The van der Waals surface area contributed by atoms with Crippen molar-refractivity contribution in [2.24, 2.45) is 28.6 Å². The first-order valence-corrected chi connectivity index (χ1v) is 10.9. The average molecular weight is 338 g/mol. The SMILES string of the molecule is CCC(CC)CCC(CC)(C(CC)C1(C)CC1)C(C)(NC)C(C)C. The van der Waals surface area contributed by atoms with E-state index in [-0.39, 0.29) is 5.54 Å². The number of hydrogen-bond acceptors (Lipinski definition) is 1. The summed E-state index contributed by atoms with van der Waals surface area (Å²) in [5.41, 5.74) is 1.20. The molecule has 0 bridgehead atoms. The van der Waals surface area contributed by atoms with E-state index in [9.17, 15) is 0 Å². The van der Waals surface area contributed by atoms with Crippen molar-refractivity contribution in [2.75, 3.05) is 7.05 Å². The van der Waals surface area contributed by atoms with E-state index in [1.54, 1.807) is 0 Å². The fraction of sp³-hybridized carbons (Fsp3) is 1.00. The molecule has 0 heterocycles. The van der Waals surface area contributed by atoms with E-state index >= 15 is 0 Å². The summed E-state index contributed by atoms with van der Waals surface area (Å²) in [4.78, 5) is 0. The second-order valence-electron chi connectivity index (χ2n) is 9.45. The summed E-state index contributed by atoms with van der Waals surface area (Å²) in [7, 11) is 2.21. The van der Waals surface area contributed by atoms with Gasteiger partial charge in [-0.15, -0.1) is 0 Å². The lowest BCUT2D eigenvalue weighted by atomic mass is 9.51. The van der Waals surface area contributed by atoms with Crippen LogP contribution in [0.5, 0.6) is 0 Å². The molecule has 1 N–H and O–H groups in total. The molecule has 1 rings (SSSR count). The molecular weight excluding hydrogens is 290 g/mol. The van der Waals surface area contributed by atoms with Gasteiger partial charge in [-0.05, 0) is 74.7 Å². The molecule has 0 aromatic heterocycles. The van der Waals surface area contributed by atoms with Crippen molar-refractivity contribution in [2.45, 2.75) is 112 Å². The quantitative estimate of drug-likeness (QED) is 0.402. The first-order valence-electron chi connectivity index (χ1n) is 10.9. The molecular formula is C23H47N. The van der Waals surface area contributed by atoms with Crippen LogP contribution in [0.3, 0.4) is 0 Å². The smallest absolute Gasteiger partial charge is 0.0232 e. The Bertz CT molecular complexity index is 366. The normalized spacial score (nSPS) is 23.1. The summed E-state index contributed by atoms with van der Waals surface area (Å²) < 4.78 is 0. The Morgan fingerprint density at radius 1 is 1.00 bits per heavy atom. The zero-order valence-corrected chi connectivity index (χ0v) is 18.4. The van der Waals surface area contributed by atoms with Gasteiger partial charge >= 0.3 is 0 Å². The summed E-state index contributed by atoms with van der Waals surface area (Å²) >= 11 is 0. The van der Waals surface area contributed by atoms with Crippen LogP contribution in [-0.2, 0) is 0 Å². The monoisotopic (exact) mass is 337 g/mol. The van der Waals surface area contributed by atoms with E-state index in [0.717, 1.165) is 11.8 Å². The lowest BCUT2D eigenvalue weighted by Crippen LogP contribution is -2.62. The molecule has 0 saturated heterocycles. The average Bonchev–Trinajstić information content (AvgIpc) is 3.31. The van der Waals surface area contributed by atoms with Gasteiger partial charge in [0.15, 0.2) is 0 Å². The zero-order chi connectivity index (χ0) is 18.6. The van der Waals surface area contributed by atoms with Crippen molar-refractivity contribution in [3.8, 4) is 0 Å². The minimum Gasteiger partial charge on any atom is -0.314 e. The zero-order valence-electron chi connectivity index (χ0n) is 18.4. The molecule has 3 atom stereocenters. The Morgan fingerprint density at radius 2 is 1.54 bits per heavy atom. The third-order valence-electron chi connectivity index (χ3n) is 8.45. The summed E-state index contributed by atoms with van der Waals surface area (Å²) in [6.45, 7) is 19.6. The molecule has 0 aromatic rings. The van der Waals surface area contributed by atoms with Gasteiger partial charge in [-0.3, -0.25) is 0 Å². The van der Waals surface area contributed by atoms with Crippen molar-refractivity contribution >= 4 is 0 Å². The second kappa shape index (κ2) is 8.56. The van der Waals surface area contributed by atoms with Gasteiger partial charge in [0.25, 0.3) is 0 Å². The largest absolute Gasteiger partial charge is 0.314 e. The topological polar surface area (TPSA) is 12.0 Å². The van der Waals surface area contributed by atoms with Crippen molar-refractivity contribution in [3.05, 3.63) is 0 Å². The Hall–Kier alpha value is -0.0400. The Kier molecular flexibility index (Phi) is 7.85. The first-order chi connectivity index (χ1) is 11.2. The van der Waals surface area contributed by atoms with Crippen LogP contribution in [0, 0.1) is 28.6 Å². The predicted molar refractivity (Wildman–Crippen MR) is 109 cm³/mol. The van der Waals surface area contributed by atoms with Gasteiger partial charge in [0.2, 0.25) is 0 Å². The number of rotatable bonds is 12. The first kappa shape index (κ1) is 22.0. The van der Waals surface area contributed by atoms with Gasteiger partial charge in [0.05, 0.1) is 0 Å². The number of nitrogens with one attached hydrogen (secondary N) is 1. The van der Waals surface area contributed by atoms with E-state index in [1.807, 2.05) is 0 Å².